The number of carbonyl (C=O) groups excluding carboxylic acids is 3. The van der Waals surface area contributed by atoms with Crippen LogP contribution in [0, 0.1) is 5.82 Å². The van der Waals surface area contributed by atoms with Crippen molar-refractivity contribution in [3.05, 3.63) is 98.2 Å². The predicted octanol–water partition coefficient (Wildman–Crippen LogP) is 5.84. The number of halogens is 4. The van der Waals surface area contributed by atoms with E-state index in [1.54, 1.807) is 43.5 Å². The van der Waals surface area contributed by atoms with Crippen molar-refractivity contribution < 1.29 is 18.8 Å². The Labute approximate surface area is 276 Å². The van der Waals surface area contributed by atoms with Gasteiger partial charge in [-0.25, -0.2) is 19.3 Å². The van der Waals surface area contributed by atoms with Crippen molar-refractivity contribution in [1.29, 1.82) is 0 Å². The average molecular weight is 715 g/mol. The van der Waals surface area contributed by atoms with Crippen molar-refractivity contribution in [3.63, 3.8) is 0 Å². The van der Waals surface area contributed by atoms with Crippen LogP contribution in [0.3, 0.4) is 0 Å². The van der Waals surface area contributed by atoms with Gasteiger partial charge in [0.1, 0.15) is 21.4 Å². The number of carbonyl (C=O) groups is 3. The number of pyridine rings is 1. The summed E-state index contributed by atoms with van der Waals surface area (Å²) in [4.78, 5) is 51.4. The van der Waals surface area contributed by atoms with E-state index in [2.05, 4.69) is 36.5 Å². The highest BCUT2D eigenvalue weighted by atomic mass is 79.9. The van der Waals surface area contributed by atoms with Gasteiger partial charge in [0.05, 0.1) is 28.0 Å². The number of fused-ring (bicyclic) bond motifs is 1. The van der Waals surface area contributed by atoms with E-state index in [1.165, 1.54) is 27.8 Å². The smallest absolute Gasteiger partial charge is 0.270 e. The molecule has 0 spiro atoms. The normalized spacial score (nSPS) is 18.8. The van der Waals surface area contributed by atoms with Crippen molar-refractivity contribution in [3.8, 4) is 0 Å². The molecule has 1 aliphatic carbocycles. The maximum atomic E-state index is 14.3. The first-order chi connectivity index (χ1) is 21.3. The number of benzene rings is 2. The molecule has 4 aromatic rings. The monoisotopic (exact) mass is 713 g/mol. The first kappa shape index (κ1) is 31.0. The lowest BCUT2D eigenvalue weighted by Gasteiger charge is -2.27. The number of nitrogens with one attached hydrogen (secondary N) is 2. The standard InChI is InChI=1S/C31H27BrCl2FN7O3/c1-16(18-5-8-24(32)37-14-18)39-27(44)31(9-10-31)40-26(43)23-15-38-29-41(20-11-21(33)25(35)22(34)12-20)28(45)30(2,42(23)29)13-17-3-6-19(36)7-4-17/h3-8,11-12,14-16H,9-10,13,36H2,1-2H3,(H,39,44)(H,40,43)/t16-,30-/m1/s1. The Bertz CT molecular complexity index is 1820. The second-order valence-electron chi connectivity index (χ2n) is 11.5. The van der Waals surface area contributed by atoms with Gasteiger partial charge in [-0.1, -0.05) is 41.4 Å². The molecule has 3 amide bonds. The fraction of sp³-hybridized carbons (Fsp3) is 0.258. The molecule has 232 valence electrons. The highest BCUT2D eigenvalue weighted by Gasteiger charge is 2.54. The van der Waals surface area contributed by atoms with Gasteiger partial charge in [0.15, 0.2) is 5.82 Å². The van der Waals surface area contributed by atoms with E-state index >= 15 is 0 Å². The third kappa shape index (κ3) is 5.55. The molecular formula is C31H27BrCl2FN7O3. The number of hydrogen-bond donors (Lipinski definition) is 3. The maximum Gasteiger partial charge on any atom is 0.270 e. The summed E-state index contributed by atoms with van der Waals surface area (Å²) in [5.74, 6) is -2.04. The van der Waals surface area contributed by atoms with Crippen LogP contribution in [0.15, 0.2) is 65.5 Å². The van der Waals surface area contributed by atoms with Crippen LogP contribution in [-0.4, -0.2) is 37.8 Å². The largest absolute Gasteiger partial charge is 0.399 e. The summed E-state index contributed by atoms with van der Waals surface area (Å²) in [6, 6.07) is 12.9. The zero-order valence-electron chi connectivity index (χ0n) is 24.1. The van der Waals surface area contributed by atoms with E-state index < -0.39 is 28.7 Å². The fourth-order valence-corrected chi connectivity index (χ4v) is 6.25. The second kappa shape index (κ2) is 11.4. The molecule has 0 saturated heterocycles. The van der Waals surface area contributed by atoms with E-state index in [9.17, 15) is 18.8 Å². The number of imidazole rings is 1. The fourth-order valence-electron chi connectivity index (χ4n) is 5.54. The molecule has 1 aliphatic heterocycles. The average Bonchev–Trinajstić information content (AvgIpc) is 3.59. The zero-order valence-corrected chi connectivity index (χ0v) is 27.2. The number of anilines is 3. The molecule has 10 nitrogen and oxygen atoms in total. The minimum Gasteiger partial charge on any atom is -0.399 e. The lowest BCUT2D eigenvalue weighted by Crippen LogP contribution is -2.50. The third-order valence-electron chi connectivity index (χ3n) is 8.22. The zero-order chi connectivity index (χ0) is 32.3. The van der Waals surface area contributed by atoms with E-state index in [1.807, 2.05) is 13.0 Å². The van der Waals surface area contributed by atoms with E-state index in [4.69, 9.17) is 28.9 Å². The Hall–Kier alpha value is -4.00. The topological polar surface area (TPSA) is 135 Å². The molecular weight excluding hydrogens is 688 g/mol. The quantitative estimate of drug-likeness (QED) is 0.119. The molecule has 1 fully saturated rings. The van der Waals surface area contributed by atoms with Crippen molar-refractivity contribution >= 4 is 74.2 Å². The van der Waals surface area contributed by atoms with Crippen LogP contribution in [0.1, 0.15) is 54.3 Å². The molecule has 2 atom stereocenters. The molecule has 1 saturated carbocycles. The van der Waals surface area contributed by atoms with E-state index in [-0.39, 0.29) is 45.7 Å². The SMILES string of the molecule is C[C@@H](NC(=O)C1(NC(=O)c2cnc3n2[C@](C)(Cc2ccc(N)cc2)C(=O)N3c2cc(Cl)c(F)c(Cl)c2)CC1)c1ccc(Br)nc1. The minimum atomic E-state index is -1.36. The van der Waals surface area contributed by atoms with Gasteiger partial charge < -0.3 is 16.4 Å². The maximum absolute atomic E-state index is 14.3. The molecule has 0 bridgehead atoms. The molecule has 2 aromatic carbocycles. The summed E-state index contributed by atoms with van der Waals surface area (Å²) in [6.45, 7) is 3.52. The minimum absolute atomic E-state index is 0.0716. The van der Waals surface area contributed by atoms with Gasteiger partial charge in [-0.2, -0.15) is 0 Å². The summed E-state index contributed by atoms with van der Waals surface area (Å²) < 4.78 is 16.5. The molecule has 6 rings (SSSR count). The van der Waals surface area contributed by atoms with Crippen LogP contribution in [0.2, 0.25) is 10.0 Å². The molecule has 45 heavy (non-hydrogen) atoms. The van der Waals surface area contributed by atoms with Gasteiger partial charge in [-0.3, -0.25) is 19.0 Å². The summed E-state index contributed by atoms with van der Waals surface area (Å²) in [6.07, 6.45) is 4.06. The number of rotatable bonds is 8. The Morgan fingerprint density at radius 3 is 2.36 bits per heavy atom. The highest BCUT2D eigenvalue weighted by molar-refractivity contribution is 9.10. The van der Waals surface area contributed by atoms with Crippen LogP contribution >= 0.6 is 39.1 Å². The van der Waals surface area contributed by atoms with Crippen molar-refractivity contribution in [2.24, 2.45) is 0 Å². The lowest BCUT2D eigenvalue weighted by molar-refractivity contribution is -0.125. The highest BCUT2D eigenvalue weighted by Crippen LogP contribution is 2.44. The first-order valence-electron chi connectivity index (χ1n) is 14.0. The summed E-state index contributed by atoms with van der Waals surface area (Å²) in [7, 11) is 0. The predicted molar refractivity (Wildman–Crippen MR) is 172 cm³/mol. The summed E-state index contributed by atoms with van der Waals surface area (Å²) in [5, 5.41) is 5.31. The lowest BCUT2D eigenvalue weighted by atomic mass is 9.91. The number of aromatic nitrogens is 3. The van der Waals surface area contributed by atoms with Crippen molar-refractivity contribution in [2.75, 3.05) is 10.6 Å². The Kier molecular flexibility index (Phi) is 7.87. The van der Waals surface area contributed by atoms with Crippen LogP contribution in [0.5, 0.6) is 0 Å². The summed E-state index contributed by atoms with van der Waals surface area (Å²) >= 11 is 15.5. The number of nitrogens with zero attached hydrogens (tertiary/aromatic N) is 4. The van der Waals surface area contributed by atoms with Crippen molar-refractivity contribution in [1.82, 2.24) is 25.2 Å². The summed E-state index contributed by atoms with van der Waals surface area (Å²) in [5.41, 5.74) is 5.80. The number of nitrogen functional groups attached to an aromatic ring is 1. The van der Waals surface area contributed by atoms with Gasteiger partial charge >= 0.3 is 0 Å². The molecule has 4 N–H and O–H groups in total. The third-order valence-corrected chi connectivity index (χ3v) is 9.24. The van der Waals surface area contributed by atoms with Gasteiger partial charge in [0.25, 0.3) is 11.8 Å². The van der Waals surface area contributed by atoms with Crippen LogP contribution in [0.25, 0.3) is 0 Å². The van der Waals surface area contributed by atoms with Gasteiger partial charge in [-0.05, 0) is 84.1 Å². The van der Waals surface area contributed by atoms with Crippen LogP contribution in [0.4, 0.5) is 21.7 Å². The number of amides is 3. The molecule has 0 radical (unpaired) electrons. The Morgan fingerprint density at radius 1 is 1.09 bits per heavy atom. The molecule has 0 unspecified atom stereocenters. The molecule has 3 heterocycles. The van der Waals surface area contributed by atoms with E-state index in [0.29, 0.717) is 23.1 Å². The van der Waals surface area contributed by atoms with Crippen LogP contribution < -0.4 is 21.3 Å². The van der Waals surface area contributed by atoms with Crippen molar-refractivity contribution in [2.45, 2.75) is 50.2 Å². The second-order valence-corrected chi connectivity index (χ2v) is 13.1. The molecule has 14 heteroatoms. The first-order valence-corrected chi connectivity index (χ1v) is 15.5. The number of nitrogens with two attached hydrogens (primary N) is 1. The van der Waals surface area contributed by atoms with Gasteiger partial charge in [0.2, 0.25) is 11.9 Å². The molecule has 2 aliphatic rings. The van der Waals surface area contributed by atoms with Gasteiger partial charge in [-0.15, -0.1) is 0 Å². The number of hydrogen-bond acceptors (Lipinski definition) is 6. The Balaban J connectivity index is 1.33. The van der Waals surface area contributed by atoms with E-state index in [0.717, 1.165) is 11.1 Å². The molecule has 2 aromatic heterocycles. The van der Waals surface area contributed by atoms with Gasteiger partial charge in [0, 0.05) is 18.3 Å². The van der Waals surface area contributed by atoms with Crippen LogP contribution in [-0.2, 0) is 21.5 Å². The Morgan fingerprint density at radius 2 is 1.76 bits per heavy atom.